The fourth-order valence-corrected chi connectivity index (χ4v) is 2.74. The maximum Gasteiger partial charge on any atom is 0.415 e. The van der Waals surface area contributed by atoms with Crippen molar-refractivity contribution in [2.24, 2.45) is 15.3 Å². The molecular weight excluding hydrogens is 344 g/mol. The van der Waals surface area contributed by atoms with Gasteiger partial charge in [0.05, 0.1) is 6.20 Å². The zero-order valence-electron chi connectivity index (χ0n) is 15.2. The molecule has 2 aromatic rings. The Hall–Kier alpha value is -3.29. The highest BCUT2D eigenvalue weighted by Crippen LogP contribution is 2.14. The van der Waals surface area contributed by atoms with Crippen molar-refractivity contribution in [3.8, 4) is 5.75 Å². The van der Waals surface area contributed by atoms with Crippen LogP contribution in [0.2, 0.25) is 0 Å². The van der Waals surface area contributed by atoms with Crippen LogP contribution >= 0.6 is 0 Å². The average molecular weight is 366 g/mol. The Morgan fingerprint density at radius 3 is 2.63 bits per heavy atom. The van der Waals surface area contributed by atoms with E-state index in [1.165, 1.54) is 6.20 Å². The number of ether oxygens (including phenoxy) is 1. The van der Waals surface area contributed by atoms with E-state index in [1.807, 2.05) is 30.3 Å². The first kappa shape index (κ1) is 18.5. The number of hydrazone groups is 1. The van der Waals surface area contributed by atoms with E-state index in [0.29, 0.717) is 24.7 Å². The Kier molecular flexibility index (Phi) is 6.45. The monoisotopic (exact) mass is 366 g/mol. The third-order valence-corrected chi connectivity index (χ3v) is 4.17. The highest BCUT2D eigenvalue weighted by atomic mass is 16.6. The number of likely N-dealkylation sites (tertiary alicyclic amines) is 1. The van der Waals surface area contributed by atoms with Gasteiger partial charge in [-0.2, -0.15) is 10.2 Å². The predicted molar refractivity (Wildman–Crippen MR) is 102 cm³/mol. The van der Waals surface area contributed by atoms with Gasteiger partial charge in [0.15, 0.2) is 11.6 Å². The number of aromatic nitrogens is 1. The molecule has 1 fully saturated rings. The average Bonchev–Trinajstić information content (AvgIpc) is 2.73. The number of carbonyl (C=O) groups is 1. The molecule has 1 N–H and O–H groups in total. The summed E-state index contributed by atoms with van der Waals surface area (Å²) < 4.78 is 5.33. The quantitative estimate of drug-likeness (QED) is 0.390. The Labute approximate surface area is 158 Å². The van der Waals surface area contributed by atoms with Crippen LogP contribution in [0.1, 0.15) is 18.4 Å². The molecule has 0 atom stereocenters. The van der Waals surface area contributed by atoms with Crippen molar-refractivity contribution in [1.29, 1.82) is 0 Å². The zero-order chi connectivity index (χ0) is 18.9. The molecule has 1 amide bonds. The van der Waals surface area contributed by atoms with Crippen molar-refractivity contribution in [1.82, 2.24) is 15.3 Å². The minimum atomic E-state index is -0.352. The molecule has 8 nitrogen and oxygen atoms in total. The number of hydrogen-bond donors (Lipinski definition) is 1. The summed E-state index contributed by atoms with van der Waals surface area (Å²) in [6, 6.07) is 13.3. The van der Waals surface area contributed by atoms with E-state index in [2.05, 4.69) is 25.7 Å². The fraction of sp³-hybridized carbons (Fsp3) is 0.316. The number of amidine groups is 1. The normalized spacial score (nSPS) is 15.7. The molecule has 2 heterocycles. The number of carbonyl (C=O) groups excluding carboxylic acids is 1. The number of nitrogens with zero attached hydrogens (tertiary/aromatic N) is 5. The molecule has 1 aromatic heterocycles. The van der Waals surface area contributed by atoms with Crippen LogP contribution in [-0.4, -0.2) is 48.0 Å². The van der Waals surface area contributed by atoms with Gasteiger partial charge < -0.3 is 15.1 Å². The summed E-state index contributed by atoms with van der Waals surface area (Å²) in [5.41, 5.74) is 4.06. The standard InChI is InChI=1S/C19H22N6O2/c1-20-23-18(15-6-3-2-4-7-15)24-22-16-9-12-25(13-10-16)19(26)27-17-8-5-11-21-14-17/h2-8,11,14,16,22H,9-10,12-13H2,1H3/b23-20-,24-18-. The topological polar surface area (TPSA) is 91.5 Å². The molecule has 0 bridgehead atoms. The lowest BCUT2D eigenvalue weighted by Crippen LogP contribution is -2.45. The van der Waals surface area contributed by atoms with Crippen molar-refractivity contribution in [3.05, 3.63) is 60.4 Å². The Bertz CT molecular complexity index is 786. The van der Waals surface area contributed by atoms with Gasteiger partial charge >= 0.3 is 6.09 Å². The summed E-state index contributed by atoms with van der Waals surface area (Å²) in [4.78, 5) is 17.8. The molecule has 8 heteroatoms. The summed E-state index contributed by atoms with van der Waals surface area (Å²) in [5, 5.41) is 12.3. The van der Waals surface area contributed by atoms with Crippen LogP contribution in [0.3, 0.4) is 0 Å². The van der Waals surface area contributed by atoms with Crippen LogP contribution in [0.15, 0.2) is 70.2 Å². The maximum atomic E-state index is 12.2. The SMILES string of the molecule is C/N=N\C(=N/NC1CCN(C(=O)Oc2cccnc2)CC1)c1ccccc1. The highest BCUT2D eigenvalue weighted by Gasteiger charge is 2.24. The number of piperidine rings is 1. The first-order valence-corrected chi connectivity index (χ1v) is 8.81. The van der Waals surface area contributed by atoms with Gasteiger partial charge in [0.25, 0.3) is 0 Å². The van der Waals surface area contributed by atoms with Crippen LogP contribution in [-0.2, 0) is 0 Å². The molecule has 27 heavy (non-hydrogen) atoms. The second-order valence-electron chi connectivity index (χ2n) is 6.05. The molecule has 140 valence electrons. The summed E-state index contributed by atoms with van der Waals surface area (Å²) in [6.07, 6.45) is 4.36. The molecule has 0 radical (unpaired) electrons. The molecule has 1 saturated heterocycles. The van der Waals surface area contributed by atoms with Crippen molar-refractivity contribution in [3.63, 3.8) is 0 Å². The summed E-state index contributed by atoms with van der Waals surface area (Å²) >= 11 is 0. The first-order chi connectivity index (χ1) is 13.3. The number of azo groups is 1. The summed E-state index contributed by atoms with van der Waals surface area (Å²) in [7, 11) is 1.62. The van der Waals surface area contributed by atoms with E-state index in [9.17, 15) is 4.79 Å². The fourth-order valence-electron chi connectivity index (χ4n) is 2.74. The van der Waals surface area contributed by atoms with Crippen LogP contribution < -0.4 is 10.2 Å². The largest absolute Gasteiger partial charge is 0.415 e. The van der Waals surface area contributed by atoms with E-state index in [4.69, 9.17) is 4.74 Å². The van der Waals surface area contributed by atoms with Gasteiger partial charge in [-0.3, -0.25) is 4.98 Å². The molecule has 0 saturated carbocycles. The lowest BCUT2D eigenvalue weighted by atomic mass is 10.1. The second-order valence-corrected chi connectivity index (χ2v) is 6.05. The van der Waals surface area contributed by atoms with Gasteiger partial charge in [0.1, 0.15) is 0 Å². The van der Waals surface area contributed by atoms with E-state index < -0.39 is 0 Å². The van der Waals surface area contributed by atoms with Crippen molar-refractivity contribution in [2.75, 3.05) is 20.1 Å². The van der Waals surface area contributed by atoms with Gasteiger partial charge in [0.2, 0.25) is 0 Å². The molecule has 0 spiro atoms. The number of pyridine rings is 1. The smallest absolute Gasteiger partial charge is 0.409 e. The molecule has 0 unspecified atom stereocenters. The minimum absolute atomic E-state index is 0.165. The number of benzene rings is 1. The van der Waals surface area contributed by atoms with Gasteiger partial charge in [-0.05, 0) is 25.0 Å². The van der Waals surface area contributed by atoms with Crippen molar-refractivity contribution in [2.45, 2.75) is 18.9 Å². The molecule has 1 aliphatic heterocycles. The van der Waals surface area contributed by atoms with Crippen molar-refractivity contribution < 1.29 is 9.53 Å². The molecule has 1 aliphatic rings. The van der Waals surface area contributed by atoms with Crippen LogP contribution in [0, 0.1) is 0 Å². The molecule has 1 aromatic carbocycles. The molecule has 3 rings (SSSR count). The van der Waals surface area contributed by atoms with E-state index >= 15 is 0 Å². The number of nitrogens with one attached hydrogen (secondary N) is 1. The van der Waals surface area contributed by atoms with Crippen LogP contribution in [0.5, 0.6) is 5.75 Å². The lowest BCUT2D eigenvalue weighted by Gasteiger charge is -2.30. The maximum absolute atomic E-state index is 12.2. The number of amides is 1. The lowest BCUT2D eigenvalue weighted by molar-refractivity contribution is 0.135. The molecular formula is C19H22N6O2. The van der Waals surface area contributed by atoms with E-state index in [1.54, 1.807) is 30.3 Å². The number of rotatable bonds is 4. The van der Waals surface area contributed by atoms with Crippen molar-refractivity contribution >= 4 is 11.9 Å². The predicted octanol–water partition coefficient (Wildman–Crippen LogP) is 3.08. The first-order valence-electron chi connectivity index (χ1n) is 8.81. The van der Waals surface area contributed by atoms with Crippen LogP contribution in [0.25, 0.3) is 0 Å². The van der Waals surface area contributed by atoms with E-state index in [-0.39, 0.29) is 12.1 Å². The second kappa shape index (κ2) is 9.42. The Balaban J connectivity index is 1.52. The highest BCUT2D eigenvalue weighted by molar-refractivity contribution is 5.98. The number of hydrogen-bond acceptors (Lipinski definition) is 6. The Morgan fingerprint density at radius 1 is 1.19 bits per heavy atom. The van der Waals surface area contributed by atoms with E-state index in [0.717, 1.165) is 18.4 Å². The zero-order valence-corrected chi connectivity index (χ0v) is 15.2. The van der Waals surface area contributed by atoms with Crippen LogP contribution in [0.4, 0.5) is 4.79 Å². The third-order valence-electron chi connectivity index (χ3n) is 4.17. The molecule has 0 aliphatic carbocycles. The Morgan fingerprint density at radius 2 is 1.96 bits per heavy atom. The van der Waals surface area contributed by atoms with Gasteiger partial charge in [0, 0.05) is 37.9 Å². The van der Waals surface area contributed by atoms with Gasteiger partial charge in [-0.15, -0.1) is 5.11 Å². The third kappa shape index (κ3) is 5.34. The van der Waals surface area contributed by atoms with Gasteiger partial charge in [-0.1, -0.05) is 30.3 Å². The minimum Gasteiger partial charge on any atom is -0.409 e. The summed E-state index contributed by atoms with van der Waals surface area (Å²) in [6.45, 7) is 1.20. The summed E-state index contributed by atoms with van der Waals surface area (Å²) in [5.74, 6) is 0.987. The van der Waals surface area contributed by atoms with Gasteiger partial charge in [-0.25, -0.2) is 4.79 Å².